The highest BCUT2D eigenvalue weighted by Gasteiger charge is 2.22. The Labute approximate surface area is 160 Å². The van der Waals surface area contributed by atoms with Crippen LogP contribution in [0.3, 0.4) is 0 Å². The van der Waals surface area contributed by atoms with Crippen LogP contribution in [0.15, 0.2) is 78.3 Å². The quantitative estimate of drug-likeness (QED) is 0.474. The van der Waals surface area contributed by atoms with Crippen molar-refractivity contribution >= 4 is 33.3 Å². The van der Waals surface area contributed by atoms with Crippen LogP contribution in [0, 0.1) is 0 Å². The second-order valence-corrected chi connectivity index (χ2v) is 6.89. The number of thiazole rings is 1. The van der Waals surface area contributed by atoms with Gasteiger partial charge in [0.25, 0.3) is 0 Å². The minimum atomic E-state index is -0.516. The number of hydrogen-bond acceptors (Lipinski definition) is 4. The normalized spacial score (nSPS) is 11.9. The summed E-state index contributed by atoms with van der Waals surface area (Å²) in [6.07, 6.45) is 1.63. The van der Waals surface area contributed by atoms with Crippen LogP contribution >= 0.6 is 11.3 Å². The first kappa shape index (κ1) is 17.1. The van der Waals surface area contributed by atoms with Gasteiger partial charge in [-0.05, 0) is 22.4 Å². The number of amides is 2. The molecule has 3 N–H and O–H groups in total. The minimum Gasteiger partial charge on any atom is -0.508 e. The molecule has 1 aromatic heterocycles. The van der Waals surface area contributed by atoms with Crippen molar-refractivity contribution in [3.05, 3.63) is 89.4 Å². The Morgan fingerprint density at radius 3 is 2.56 bits per heavy atom. The first-order valence-corrected chi connectivity index (χ1v) is 9.33. The fourth-order valence-corrected chi connectivity index (χ4v) is 3.63. The van der Waals surface area contributed by atoms with Crippen LogP contribution < -0.4 is 10.6 Å². The Bertz CT molecular complexity index is 1070. The van der Waals surface area contributed by atoms with Crippen molar-refractivity contribution in [1.29, 1.82) is 0 Å². The number of hydrogen-bond donors (Lipinski definition) is 3. The van der Waals surface area contributed by atoms with Crippen LogP contribution in [0.1, 0.15) is 17.2 Å². The SMILES string of the molecule is O=C(Nc1nccs1)NC(c1ccccc1)c1c(O)ccc2ccccc12. The predicted molar refractivity (Wildman–Crippen MR) is 108 cm³/mol. The molecule has 0 saturated carbocycles. The predicted octanol–water partition coefficient (Wildman–Crippen LogP) is 4.91. The zero-order valence-electron chi connectivity index (χ0n) is 14.3. The number of phenols is 1. The lowest BCUT2D eigenvalue weighted by Gasteiger charge is -2.22. The molecule has 0 saturated heterocycles. The number of aromatic hydroxyl groups is 1. The van der Waals surface area contributed by atoms with Crippen LogP contribution in [-0.4, -0.2) is 16.1 Å². The molecule has 0 aliphatic heterocycles. The van der Waals surface area contributed by atoms with Gasteiger partial charge in [-0.2, -0.15) is 0 Å². The summed E-state index contributed by atoms with van der Waals surface area (Å²) in [6.45, 7) is 0. The minimum absolute atomic E-state index is 0.136. The fourth-order valence-electron chi connectivity index (χ4n) is 3.10. The molecule has 2 amide bonds. The zero-order chi connectivity index (χ0) is 18.6. The monoisotopic (exact) mass is 375 g/mol. The van der Waals surface area contributed by atoms with Crippen molar-refractivity contribution in [3.63, 3.8) is 0 Å². The maximum Gasteiger partial charge on any atom is 0.321 e. The van der Waals surface area contributed by atoms with E-state index in [-0.39, 0.29) is 11.8 Å². The molecule has 4 aromatic rings. The highest BCUT2D eigenvalue weighted by Crippen LogP contribution is 2.35. The Morgan fingerprint density at radius 1 is 1.00 bits per heavy atom. The summed E-state index contributed by atoms with van der Waals surface area (Å²) in [5, 5.41) is 20.5. The number of aromatic nitrogens is 1. The Morgan fingerprint density at radius 2 is 1.78 bits per heavy atom. The molecule has 4 rings (SSSR count). The third kappa shape index (κ3) is 3.61. The molecule has 27 heavy (non-hydrogen) atoms. The number of carbonyl (C=O) groups excluding carboxylic acids is 1. The highest BCUT2D eigenvalue weighted by molar-refractivity contribution is 7.13. The standard InChI is InChI=1S/C21H17N3O2S/c25-17-11-10-14-6-4-5-9-16(14)18(17)19(15-7-2-1-3-8-15)23-20(26)24-21-22-12-13-27-21/h1-13,19,25H,(H2,22,23,24,26). The van der Waals surface area contributed by atoms with Gasteiger partial charge in [0.15, 0.2) is 5.13 Å². The number of rotatable bonds is 4. The van der Waals surface area contributed by atoms with Gasteiger partial charge in [-0.1, -0.05) is 60.7 Å². The molecular weight excluding hydrogens is 358 g/mol. The second kappa shape index (κ2) is 7.47. The molecular formula is C21H17N3O2S. The molecule has 1 heterocycles. The van der Waals surface area contributed by atoms with Gasteiger partial charge >= 0.3 is 6.03 Å². The van der Waals surface area contributed by atoms with Crippen molar-refractivity contribution in [1.82, 2.24) is 10.3 Å². The maximum absolute atomic E-state index is 12.6. The van der Waals surface area contributed by atoms with E-state index in [4.69, 9.17) is 0 Å². The zero-order valence-corrected chi connectivity index (χ0v) is 15.1. The van der Waals surface area contributed by atoms with Gasteiger partial charge in [-0.3, -0.25) is 5.32 Å². The van der Waals surface area contributed by atoms with Gasteiger partial charge in [0, 0.05) is 17.1 Å². The smallest absolute Gasteiger partial charge is 0.321 e. The molecule has 0 fully saturated rings. The van der Waals surface area contributed by atoms with E-state index in [2.05, 4.69) is 15.6 Å². The lowest BCUT2D eigenvalue weighted by molar-refractivity contribution is 0.250. The van der Waals surface area contributed by atoms with Gasteiger partial charge < -0.3 is 10.4 Å². The fraction of sp³-hybridized carbons (Fsp3) is 0.0476. The Hall–Kier alpha value is -3.38. The van der Waals surface area contributed by atoms with Crippen molar-refractivity contribution in [3.8, 4) is 5.75 Å². The average molecular weight is 375 g/mol. The molecule has 3 aromatic carbocycles. The van der Waals surface area contributed by atoms with Crippen molar-refractivity contribution in [2.24, 2.45) is 0 Å². The van der Waals surface area contributed by atoms with Crippen LogP contribution in [0.2, 0.25) is 0 Å². The van der Waals surface area contributed by atoms with Gasteiger partial charge in [-0.15, -0.1) is 11.3 Å². The number of nitrogens with one attached hydrogen (secondary N) is 2. The molecule has 0 bridgehead atoms. The molecule has 134 valence electrons. The van der Waals surface area contributed by atoms with Crippen molar-refractivity contribution in [2.45, 2.75) is 6.04 Å². The van der Waals surface area contributed by atoms with E-state index in [1.54, 1.807) is 17.6 Å². The first-order valence-electron chi connectivity index (χ1n) is 8.45. The van der Waals surface area contributed by atoms with E-state index >= 15 is 0 Å². The van der Waals surface area contributed by atoms with Gasteiger partial charge in [0.1, 0.15) is 5.75 Å². The molecule has 1 atom stereocenters. The number of nitrogens with zero attached hydrogens (tertiary/aromatic N) is 1. The van der Waals surface area contributed by atoms with Crippen LogP contribution in [-0.2, 0) is 0 Å². The van der Waals surface area contributed by atoms with Gasteiger partial charge in [0.05, 0.1) is 6.04 Å². The van der Waals surface area contributed by atoms with Crippen LogP contribution in [0.4, 0.5) is 9.93 Å². The van der Waals surface area contributed by atoms with E-state index in [1.807, 2.05) is 60.7 Å². The summed E-state index contributed by atoms with van der Waals surface area (Å²) >= 11 is 1.34. The number of anilines is 1. The van der Waals surface area contributed by atoms with Crippen LogP contribution in [0.25, 0.3) is 10.8 Å². The molecule has 0 radical (unpaired) electrons. The van der Waals surface area contributed by atoms with E-state index in [0.29, 0.717) is 10.7 Å². The lowest BCUT2D eigenvalue weighted by Crippen LogP contribution is -2.33. The summed E-state index contributed by atoms with van der Waals surface area (Å²) < 4.78 is 0. The number of carbonyl (C=O) groups is 1. The first-order chi connectivity index (χ1) is 13.2. The van der Waals surface area contributed by atoms with Crippen molar-refractivity contribution in [2.75, 3.05) is 5.32 Å². The summed E-state index contributed by atoms with van der Waals surface area (Å²) in [4.78, 5) is 16.7. The van der Waals surface area contributed by atoms with E-state index in [1.165, 1.54) is 11.3 Å². The number of fused-ring (bicyclic) bond motifs is 1. The maximum atomic E-state index is 12.6. The molecule has 0 spiro atoms. The van der Waals surface area contributed by atoms with Gasteiger partial charge in [-0.25, -0.2) is 9.78 Å². The van der Waals surface area contributed by atoms with E-state index in [9.17, 15) is 9.90 Å². The summed E-state index contributed by atoms with van der Waals surface area (Å²) in [5.41, 5.74) is 1.53. The largest absolute Gasteiger partial charge is 0.508 e. The number of phenolic OH excluding ortho intramolecular Hbond substituents is 1. The second-order valence-electron chi connectivity index (χ2n) is 6.00. The number of benzene rings is 3. The molecule has 0 aliphatic carbocycles. The lowest BCUT2D eigenvalue weighted by atomic mass is 9.93. The third-order valence-corrected chi connectivity index (χ3v) is 4.99. The summed E-state index contributed by atoms with van der Waals surface area (Å²) in [5.74, 6) is 0.136. The highest BCUT2D eigenvalue weighted by atomic mass is 32.1. The summed E-state index contributed by atoms with van der Waals surface area (Å²) in [6, 6.07) is 20.0. The van der Waals surface area contributed by atoms with E-state index < -0.39 is 6.04 Å². The van der Waals surface area contributed by atoms with E-state index in [0.717, 1.165) is 16.3 Å². The topological polar surface area (TPSA) is 74.2 Å². The summed E-state index contributed by atoms with van der Waals surface area (Å²) in [7, 11) is 0. The van der Waals surface area contributed by atoms with Gasteiger partial charge in [0.2, 0.25) is 0 Å². The van der Waals surface area contributed by atoms with Crippen molar-refractivity contribution < 1.29 is 9.90 Å². The molecule has 0 aliphatic rings. The third-order valence-electron chi connectivity index (χ3n) is 4.30. The molecule has 6 heteroatoms. The van der Waals surface area contributed by atoms with Crippen LogP contribution in [0.5, 0.6) is 5.75 Å². The Kier molecular flexibility index (Phi) is 4.72. The average Bonchev–Trinajstić information content (AvgIpc) is 3.20. The molecule has 1 unspecified atom stereocenters. The molecule has 5 nitrogen and oxygen atoms in total. The Balaban J connectivity index is 1.77. The number of urea groups is 1.